The van der Waals surface area contributed by atoms with Gasteiger partial charge in [0.15, 0.2) is 6.10 Å². The molecule has 1 heterocycles. The van der Waals surface area contributed by atoms with E-state index in [1.807, 2.05) is 24.3 Å². The van der Waals surface area contributed by atoms with E-state index in [0.29, 0.717) is 16.7 Å². The van der Waals surface area contributed by atoms with E-state index in [4.69, 9.17) is 20.9 Å². The fourth-order valence-electron chi connectivity index (χ4n) is 3.48. The Hall–Kier alpha value is -2.86. The summed E-state index contributed by atoms with van der Waals surface area (Å²) in [5, 5.41) is 7.32. The van der Waals surface area contributed by atoms with Crippen molar-refractivity contribution in [1.29, 1.82) is 0 Å². The summed E-state index contributed by atoms with van der Waals surface area (Å²) in [7, 11) is 0. The highest BCUT2D eigenvalue weighted by molar-refractivity contribution is 6.30. The van der Waals surface area contributed by atoms with E-state index >= 15 is 0 Å². The molecule has 0 radical (unpaired) electrons. The Kier molecular flexibility index (Phi) is 5.81. The van der Waals surface area contributed by atoms with Gasteiger partial charge in [0.05, 0.1) is 6.54 Å². The molecule has 0 unspecified atom stereocenters. The summed E-state index contributed by atoms with van der Waals surface area (Å²) in [4.78, 5) is 16.8. The van der Waals surface area contributed by atoms with Crippen LogP contribution in [-0.2, 0) is 24.2 Å². The third-order valence-corrected chi connectivity index (χ3v) is 5.23. The number of hydrogen-bond donors (Lipinski definition) is 1. The number of nitrogens with one attached hydrogen (secondary N) is 1. The first-order valence-corrected chi connectivity index (χ1v) is 10.1. The van der Waals surface area contributed by atoms with Crippen LogP contribution in [0, 0.1) is 0 Å². The highest BCUT2D eigenvalue weighted by Crippen LogP contribution is 2.30. The molecular formula is C22H22ClN3O3. The molecule has 3 aromatic rings. The number of fused-ring (bicyclic) bond motifs is 1. The van der Waals surface area contributed by atoms with Crippen LogP contribution in [0.5, 0.6) is 5.75 Å². The second-order valence-corrected chi connectivity index (χ2v) is 7.54. The van der Waals surface area contributed by atoms with Gasteiger partial charge in [-0.3, -0.25) is 4.79 Å². The zero-order chi connectivity index (χ0) is 20.2. The number of benzene rings is 2. The third-order valence-electron chi connectivity index (χ3n) is 4.99. The quantitative estimate of drug-likeness (QED) is 0.652. The summed E-state index contributed by atoms with van der Waals surface area (Å²) in [6, 6.07) is 13.2. The SMILES string of the molecule is C[C@H](Oc1cccc2c1CCCC2)C(=O)NCc1nc(-c2cccc(Cl)c2)no1. The maximum atomic E-state index is 12.5. The lowest BCUT2D eigenvalue weighted by Crippen LogP contribution is -2.36. The second kappa shape index (κ2) is 8.66. The molecule has 29 heavy (non-hydrogen) atoms. The fraction of sp³-hybridized carbons (Fsp3) is 0.318. The van der Waals surface area contributed by atoms with E-state index in [9.17, 15) is 4.79 Å². The van der Waals surface area contributed by atoms with Crippen LogP contribution in [0.3, 0.4) is 0 Å². The van der Waals surface area contributed by atoms with Gasteiger partial charge in [-0.2, -0.15) is 4.98 Å². The smallest absolute Gasteiger partial charge is 0.261 e. The Bertz CT molecular complexity index is 1020. The first-order chi connectivity index (χ1) is 14.1. The second-order valence-electron chi connectivity index (χ2n) is 7.10. The van der Waals surface area contributed by atoms with Crippen molar-refractivity contribution in [3.05, 3.63) is 64.5 Å². The molecule has 0 saturated heterocycles. The number of ether oxygens (including phenoxy) is 1. The van der Waals surface area contributed by atoms with Crippen LogP contribution >= 0.6 is 11.6 Å². The van der Waals surface area contributed by atoms with Crippen LogP contribution in [0.1, 0.15) is 36.8 Å². The molecule has 0 saturated carbocycles. The van der Waals surface area contributed by atoms with Gasteiger partial charge >= 0.3 is 0 Å². The van der Waals surface area contributed by atoms with Gasteiger partial charge in [-0.1, -0.05) is 41.0 Å². The molecule has 0 aliphatic heterocycles. The van der Waals surface area contributed by atoms with Gasteiger partial charge in [-0.05, 0) is 61.9 Å². The summed E-state index contributed by atoms with van der Waals surface area (Å²) in [5.41, 5.74) is 3.30. The van der Waals surface area contributed by atoms with Crippen LogP contribution in [0.2, 0.25) is 5.02 Å². The van der Waals surface area contributed by atoms with Gasteiger partial charge in [0, 0.05) is 10.6 Å². The van der Waals surface area contributed by atoms with Gasteiger partial charge < -0.3 is 14.6 Å². The largest absolute Gasteiger partial charge is 0.481 e. The molecule has 0 spiro atoms. The average Bonchev–Trinajstić information content (AvgIpc) is 3.21. The molecule has 1 aliphatic carbocycles. The van der Waals surface area contributed by atoms with Gasteiger partial charge in [0.1, 0.15) is 5.75 Å². The van der Waals surface area contributed by atoms with Gasteiger partial charge in [-0.15, -0.1) is 0 Å². The number of halogens is 1. The summed E-state index contributed by atoms with van der Waals surface area (Å²) in [5.74, 6) is 1.31. The summed E-state index contributed by atoms with van der Waals surface area (Å²) < 4.78 is 11.2. The number of carbonyl (C=O) groups excluding carboxylic acids is 1. The lowest BCUT2D eigenvalue weighted by molar-refractivity contribution is -0.127. The monoisotopic (exact) mass is 411 g/mol. The standard InChI is InChI=1S/C22H22ClN3O3/c1-14(28-19-11-5-7-15-6-2-3-10-18(15)19)22(27)24-13-20-25-21(26-29-20)16-8-4-9-17(23)12-16/h4-5,7-9,11-12,14H,2-3,6,10,13H2,1H3,(H,24,27)/t14-/m0/s1. The molecule has 0 fully saturated rings. The van der Waals surface area contributed by atoms with Crippen molar-refractivity contribution >= 4 is 17.5 Å². The molecule has 6 nitrogen and oxygen atoms in total. The lowest BCUT2D eigenvalue weighted by Gasteiger charge is -2.21. The minimum Gasteiger partial charge on any atom is -0.481 e. The topological polar surface area (TPSA) is 77.2 Å². The van der Waals surface area contributed by atoms with E-state index < -0.39 is 6.10 Å². The van der Waals surface area contributed by atoms with Crippen molar-refractivity contribution in [2.24, 2.45) is 0 Å². The Labute approximate surface area is 174 Å². The number of carbonyl (C=O) groups is 1. The molecule has 1 aromatic heterocycles. The predicted molar refractivity (Wildman–Crippen MR) is 110 cm³/mol. The molecule has 1 aliphatic rings. The predicted octanol–water partition coefficient (Wildman–Crippen LogP) is 4.35. The Morgan fingerprint density at radius 1 is 1.24 bits per heavy atom. The van der Waals surface area contributed by atoms with Crippen molar-refractivity contribution in [2.75, 3.05) is 0 Å². The molecule has 150 valence electrons. The summed E-state index contributed by atoms with van der Waals surface area (Å²) in [6.45, 7) is 1.87. The molecule has 4 rings (SSSR count). The molecule has 2 aromatic carbocycles. The summed E-state index contributed by atoms with van der Waals surface area (Å²) in [6.07, 6.45) is 3.79. The number of amides is 1. The number of nitrogens with zero attached hydrogens (tertiary/aromatic N) is 2. The lowest BCUT2D eigenvalue weighted by atomic mass is 9.91. The van der Waals surface area contributed by atoms with Gasteiger partial charge in [0.25, 0.3) is 5.91 Å². The van der Waals surface area contributed by atoms with Crippen molar-refractivity contribution in [3.63, 3.8) is 0 Å². The fourth-order valence-corrected chi connectivity index (χ4v) is 3.67. The number of aromatic nitrogens is 2. The first kappa shape index (κ1) is 19.5. The van der Waals surface area contributed by atoms with E-state index in [0.717, 1.165) is 30.6 Å². The zero-order valence-electron chi connectivity index (χ0n) is 16.2. The summed E-state index contributed by atoms with van der Waals surface area (Å²) >= 11 is 5.99. The van der Waals surface area contributed by atoms with Crippen LogP contribution in [0.25, 0.3) is 11.4 Å². The highest BCUT2D eigenvalue weighted by Gasteiger charge is 2.20. The van der Waals surface area contributed by atoms with Gasteiger partial charge in [-0.25, -0.2) is 0 Å². The van der Waals surface area contributed by atoms with Crippen LogP contribution in [0.4, 0.5) is 0 Å². The van der Waals surface area contributed by atoms with Crippen molar-refractivity contribution < 1.29 is 14.1 Å². The van der Waals surface area contributed by atoms with Crippen molar-refractivity contribution in [2.45, 2.75) is 45.3 Å². The van der Waals surface area contributed by atoms with Crippen molar-refractivity contribution in [1.82, 2.24) is 15.5 Å². The third kappa shape index (κ3) is 4.59. The van der Waals surface area contributed by atoms with Crippen LogP contribution in [-0.4, -0.2) is 22.2 Å². The normalized spacial score (nSPS) is 14.1. The van der Waals surface area contributed by atoms with Crippen LogP contribution in [0.15, 0.2) is 47.0 Å². The minimum absolute atomic E-state index is 0.132. The zero-order valence-corrected chi connectivity index (χ0v) is 16.9. The first-order valence-electron chi connectivity index (χ1n) is 9.74. The average molecular weight is 412 g/mol. The maximum absolute atomic E-state index is 12.5. The molecule has 1 atom stereocenters. The number of rotatable bonds is 6. The van der Waals surface area contributed by atoms with E-state index in [-0.39, 0.29) is 12.5 Å². The Morgan fingerprint density at radius 2 is 2.07 bits per heavy atom. The minimum atomic E-state index is -0.626. The Morgan fingerprint density at radius 3 is 2.93 bits per heavy atom. The molecule has 1 amide bonds. The van der Waals surface area contributed by atoms with E-state index in [2.05, 4.69) is 21.5 Å². The molecule has 0 bridgehead atoms. The highest BCUT2D eigenvalue weighted by atomic mass is 35.5. The molecule has 7 heteroatoms. The maximum Gasteiger partial charge on any atom is 0.261 e. The van der Waals surface area contributed by atoms with Gasteiger partial charge in [0.2, 0.25) is 11.7 Å². The van der Waals surface area contributed by atoms with Crippen LogP contribution < -0.4 is 10.1 Å². The molecule has 1 N–H and O–H groups in total. The Balaban J connectivity index is 1.35. The van der Waals surface area contributed by atoms with Crippen molar-refractivity contribution in [3.8, 4) is 17.1 Å². The number of aryl methyl sites for hydroxylation is 1. The van der Waals surface area contributed by atoms with E-state index in [1.54, 1.807) is 19.1 Å². The van der Waals surface area contributed by atoms with E-state index in [1.165, 1.54) is 17.5 Å². The number of hydrogen-bond acceptors (Lipinski definition) is 5. The molecular weight excluding hydrogens is 390 g/mol.